The topological polar surface area (TPSA) is 128 Å². The maximum absolute atomic E-state index is 10.9. The normalized spacial score (nSPS) is 32.6. The van der Waals surface area contributed by atoms with Gasteiger partial charge in [-0.3, -0.25) is 0 Å². The quantitative estimate of drug-likeness (QED) is 0.401. The van der Waals surface area contributed by atoms with Gasteiger partial charge in [0.25, 0.3) is 0 Å². The lowest BCUT2D eigenvalue weighted by molar-refractivity contribution is -0.0154. The van der Waals surface area contributed by atoms with Gasteiger partial charge in [0.2, 0.25) is 0 Å². The summed E-state index contributed by atoms with van der Waals surface area (Å²) in [5.41, 5.74) is -0.540. The molecule has 17 heavy (non-hydrogen) atoms. The van der Waals surface area contributed by atoms with Crippen LogP contribution in [0.1, 0.15) is 0 Å². The summed E-state index contributed by atoms with van der Waals surface area (Å²) in [7, 11) is 0. The summed E-state index contributed by atoms with van der Waals surface area (Å²) in [6.07, 6.45) is -2.77. The molecular weight excluding hydrogens is 230 g/mol. The Morgan fingerprint density at radius 3 is 2.82 bits per heavy atom. The standard InChI is InChI=1S/C9H13N3O5/c13-3-4-6(14)7(15)8(17-4)11-5-1-2-10-9(16)12-5/h1-2,4,6-8,13-15H,3H2,(H2,10,11,12,16)/t4-,6+,7-,8-/m1/s1. The molecule has 0 spiro atoms. The van der Waals surface area contributed by atoms with Gasteiger partial charge in [0, 0.05) is 6.20 Å². The minimum atomic E-state index is -1.20. The lowest BCUT2D eigenvalue weighted by Crippen LogP contribution is -2.37. The van der Waals surface area contributed by atoms with Crippen molar-refractivity contribution in [3.05, 3.63) is 22.7 Å². The lowest BCUT2D eigenvalue weighted by Gasteiger charge is -2.16. The van der Waals surface area contributed by atoms with Crippen molar-refractivity contribution < 1.29 is 20.1 Å². The van der Waals surface area contributed by atoms with Crippen LogP contribution in [-0.2, 0) is 4.74 Å². The van der Waals surface area contributed by atoms with E-state index in [1.165, 1.54) is 12.3 Å². The van der Waals surface area contributed by atoms with Gasteiger partial charge in [-0.05, 0) is 6.07 Å². The van der Waals surface area contributed by atoms with Crippen LogP contribution in [0.25, 0.3) is 0 Å². The van der Waals surface area contributed by atoms with Crippen LogP contribution in [0.15, 0.2) is 17.1 Å². The van der Waals surface area contributed by atoms with Gasteiger partial charge in [-0.25, -0.2) is 4.79 Å². The first kappa shape index (κ1) is 12.0. The van der Waals surface area contributed by atoms with Crippen molar-refractivity contribution in [2.45, 2.75) is 24.5 Å². The van der Waals surface area contributed by atoms with Crippen LogP contribution in [0.3, 0.4) is 0 Å². The molecule has 0 aromatic carbocycles. The Bertz CT molecular complexity index is 437. The van der Waals surface area contributed by atoms with E-state index in [-0.39, 0.29) is 5.82 Å². The van der Waals surface area contributed by atoms with E-state index in [1.54, 1.807) is 0 Å². The zero-order valence-electron chi connectivity index (χ0n) is 8.78. The number of aromatic amines is 1. The molecule has 2 rings (SSSR count). The second-order valence-corrected chi connectivity index (χ2v) is 3.68. The molecule has 0 bridgehead atoms. The minimum absolute atomic E-state index is 0.212. The number of aliphatic hydroxyl groups is 3. The van der Waals surface area contributed by atoms with Crippen molar-refractivity contribution in [3.63, 3.8) is 0 Å². The molecule has 8 heteroatoms. The molecule has 94 valence electrons. The highest BCUT2D eigenvalue weighted by Gasteiger charge is 2.42. The molecule has 4 atom stereocenters. The molecule has 0 unspecified atom stereocenters. The van der Waals surface area contributed by atoms with E-state index in [4.69, 9.17) is 9.84 Å². The predicted octanol–water partition coefficient (Wildman–Crippen LogP) is -2.38. The molecule has 0 saturated carbocycles. The van der Waals surface area contributed by atoms with Gasteiger partial charge in [-0.15, -0.1) is 0 Å². The Labute approximate surface area is 95.9 Å². The number of hydrogen-bond acceptors (Lipinski definition) is 7. The summed E-state index contributed by atoms with van der Waals surface area (Å²) in [6, 6.07) is 1.48. The van der Waals surface area contributed by atoms with Gasteiger partial charge in [0.1, 0.15) is 24.1 Å². The first-order chi connectivity index (χ1) is 8.11. The van der Waals surface area contributed by atoms with Crippen LogP contribution in [0.2, 0.25) is 0 Å². The van der Waals surface area contributed by atoms with Gasteiger partial charge < -0.3 is 30.4 Å². The van der Waals surface area contributed by atoms with Gasteiger partial charge in [0.05, 0.1) is 6.61 Å². The smallest absolute Gasteiger partial charge is 0.346 e. The summed E-state index contributed by atoms with van der Waals surface area (Å²) in [5, 5.41) is 30.7. The second kappa shape index (κ2) is 4.80. The summed E-state index contributed by atoms with van der Waals surface area (Å²) in [5.74, 6) is 0.212. The van der Waals surface area contributed by atoms with Crippen LogP contribution in [0.5, 0.6) is 0 Å². The monoisotopic (exact) mass is 243 g/mol. The molecule has 1 aliphatic heterocycles. The Morgan fingerprint density at radius 2 is 2.24 bits per heavy atom. The molecule has 2 heterocycles. The van der Waals surface area contributed by atoms with Crippen LogP contribution in [0.4, 0.5) is 5.82 Å². The molecule has 0 amide bonds. The Balaban J connectivity index is 2.07. The fourth-order valence-corrected chi connectivity index (χ4v) is 1.62. The average Bonchev–Trinajstić information content (AvgIpc) is 2.57. The Hall–Kier alpha value is -1.48. The molecule has 1 aromatic heterocycles. The van der Waals surface area contributed by atoms with Gasteiger partial charge >= 0.3 is 5.69 Å². The summed E-state index contributed by atoms with van der Waals surface area (Å²) in [6.45, 7) is -0.404. The van der Waals surface area contributed by atoms with E-state index in [1.807, 2.05) is 0 Å². The average molecular weight is 243 g/mol. The highest BCUT2D eigenvalue weighted by atomic mass is 16.6. The fourth-order valence-electron chi connectivity index (χ4n) is 1.62. The van der Waals surface area contributed by atoms with Crippen LogP contribution >= 0.6 is 0 Å². The van der Waals surface area contributed by atoms with Crippen LogP contribution < -0.4 is 11.0 Å². The number of aromatic nitrogens is 2. The number of anilines is 1. The lowest BCUT2D eigenvalue weighted by atomic mass is 10.1. The van der Waals surface area contributed by atoms with Gasteiger partial charge in [0.15, 0.2) is 6.23 Å². The molecule has 1 aromatic rings. The molecule has 1 saturated heterocycles. The molecule has 0 radical (unpaired) electrons. The minimum Gasteiger partial charge on any atom is -0.394 e. The van der Waals surface area contributed by atoms with E-state index in [9.17, 15) is 15.0 Å². The number of ether oxygens (including phenoxy) is 1. The number of nitrogens with zero attached hydrogens (tertiary/aromatic N) is 1. The predicted molar refractivity (Wildman–Crippen MR) is 56.2 cm³/mol. The fraction of sp³-hybridized carbons (Fsp3) is 0.556. The first-order valence-electron chi connectivity index (χ1n) is 5.06. The number of rotatable bonds is 3. The second-order valence-electron chi connectivity index (χ2n) is 3.68. The number of nitrogens with one attached hydrogen (secondary N) is 2. The van der Waals surface area contributed by atoms with Crippen LogP contribution in [0, 0.1) is 0 Å². The van der Waals surface area contributed by atoms with Crippen molar-refractivity contribution >= 4 is 5.82 Å². The molecule has 8 nitrogen and oxygen atoms in total. The third kappa shape index (κ3) is 2.44. The van der Waals surface area contributed by atoms with Crippen molar-refractivity contribution in [2.24, 2.45) is 0 Å². The van der Waals surface area contributed by atoms with E-state index >= 15 is 0 Å². The largest absolute Gasteiger partial charge is 0.394 e. The summed E-state index contributed by atoms with van der Waals surface area (Å²) in [4.78, 5) is 16.9. The molecule has 1 fully saturated rings. The van der Waals surface area contributed by atoms with Crippen molar-refractivity contribution in [1.29, 1.82) is 0 Å². The maximum atomic E-state index is 10.9. The zero-order chi connectivity index (χ0) is 12.4. The van der Waals surface area contributed by atoms with Crippen molar-refractivity contribution in [2.75, 3.05) is 11.9 Å². The van der Waals surface area contributed by atoms with Crippen LogP contribution in [-0.4, -0.2) is 56.4 Å². The van der Waals surface area contributed by atoms with Gasteiger partial charge in [-0.2, -0.15) is 4.98 Å². The Morgan fingerprint density at radius 1 is 1.47 bits per heavy atom. The molecule has 0 aliphatic carbocycles. The summed E-state index contributed by atoms with van der Waals surface area (Å²) >= 11 is 0. The van der Waals surface area contributed by atoms with E-state index < -0.39 is 36.8 Å². The maximum Gasteiger partial charge on any atom is 0.346 e. The highest BCUT2D eigenvalue weighted by Crippen LogP contribution is 2.21. The van der Waals surface area contributed by atoms with E-state index in [0.717, 1.165) is 0 Å². The van der Waals surface area contributed by atoms with Gasteiger partial charge in [-0.1, -0.05) is 0 Å². The third-order valence-corrected chi connectivity index (χ3v) is 2.50. The third-order valence-electron chi connectivity index (χ3n) is 2.50. The SMILES string of the molecule is O=c1nc(N[C@@H]2O[C@H](CO)[C@H](O)[C@H]2O)cc[nH]1. The zero-order valence-corrected chi connectivity index (χ0v) is 8.78. The van der Waals surface area contributed by atoms with Crippen molar-refractivity contribution in [1.82, 2.24) is 9.97 Å². The highest BCUT2D eigenvalue weighted by molar-refractivity contribution is 5.33. The molecule has 5 N–H and O–H groups in total. The Kier molecular flexibility index (Phi) is 3.38. The molecular formula is C9H13N3O5. The molecule has 1 aliphatic rings. The van der Waals surface area contributed by atoms with E-state index in [0.29, 0.717) is 0 Å². The number of hydrogen-bond donors (Lipinski definition) is 5. The number of aliphatic hydroxyl groups excluding tert-OH is 3. The number of H-pyrrole nitrogens is 1. The van der Waals surface area contributed by atoms with E-state index in [2.05, 4.69) is 15.3 Å². The van der Waals surface area contributed by atoms with Crippen molar-refractivity contribution in [3.8, 4) is 0 Å². The summed E-state index contributed by atoms with van der Waals surface area (Å²) < 4.78 is 5.17. The first-order valence-corrected chi connectivity index (χ1v) is 5.06.